The smallest absolute Gasteiger partial charge is 0.254 e. The van der Waals surface area contributed by atoms with Gasteiger partial charge in [-0.2, -0.15) is 5.10 Å². The second-order valence-corrected chi connectivity index (χ2v) is 5.92. The minimum absolute atomic E-state index is 0.116. The number of hydrogen-bond donors (Lipinski definition) is 2. The van der Waals surface area contributed by atoms with Gasteiger partial charge >= 0.3 is 0 Å². The number of carbonyl (C=O) groups is 1. The maximum absolute atomic E-state index is 12.4. The molecule has 0 atom stereocenters. The molecule has 0 spiro atoms. The van der Waals surface area contributed by atoms with Crippen molar-refractivity contribution in [1.82, 2.24) is 25.1 Å². The topological polar surface area (TPSA) is 92.7 Å². The highest BCUT2D eigenvalue weighted by Gasteiger charge is 2.21. The third-order valence-corrected chi connectivity index (χ3v) is 4.29. The molecule has 1 aliphatic rings. The van der Waals surface area contributed by atoms with Gasteiger partial charge in [-0.3, -0.25) is 14.6 Å². The molecule has 0 aromatic carbocycles. The van der Waals surface area contributed by atoms with E-state index in [1.54, 1.807) is 6.92 Å². The van der Waals surface area contributed by atoms with Crippen LogP contribution in [0.3, 0.4) is 0 Å². The van der Waals surface area contributed by atoms with Gasteiger partial charge in [0.15, 0.2) is 0 Å². The second-order valence-electron chi connectivity index (χ2n) is 5.92. The molecule has 2 heterocycles. The molecule has 7 nitrogen and oxygen atoms in total. The van der Waals surface area contributed by atoms with Crippen molar-refractivity contribution in [3.63, 3.8) is 0 Å². The van der Waals surface area contributed by atoms with Gasteiger partial charge < -0.3 is 5.32 Å². The third kappa shape index (κ3) is 3.18. The fourth-order valence-electron chi connectivity index (χ4n) is 2.95. The normalized spacial score (nSPS) is 15.0. The fourth-order valence-corrected chi connectivity index (χ4v) is 2.95. The summed E-state index contributed by atoms with van der Waals surface area (Å²) in [6, 6.07) is 1.72. The fraction of sp³-hybridized carbons (Fsp3) is 0.500. The van der Waals surface area contributed by atoms with Crippen LogP contribution in [0.1, 0.15) is 54.4 Å². The standard InChI is InChI=1S/C16H21N5O2/c1-3-11-8-14(22)20-16(19-11)21-10(2)13(9-17-21)15(23)18-12-6-4-5-7-12/h8-9,12H,3-7H2,1-2H3,(H,18,23)(H,19,20,22). The highest BCUT2D eigenvalue weighted by Crippen LogP contribution is 2.19. The molecule has 0 aliphatic heterocycles. The van der Waals surface area contributed by atoms with Crippen molar-refractivity contribution in [2.24, 2.45) is 0 Å². The van der Waals surface area contributed by atoms with E-state index >= 15 is 0 Å². The Kier molecular flexibility index (Phi) is 4.27. The van der Waals surface area contributed by atoms with Gasteiger partial charge in [0, 0.05) is 17.8 Å². The summed E-state index contributed by atoms with van der Waals surface area (Å²) < 4.78 is 1.50. The Bertz CT molecular complexity index is 771. The SMILES string of the molecule is CCc1cc(=O)[nH]c(-n2ncc(C(=O)NC3CCCC3)c2C)n1. The molecule has 0 radical (unpaired) electrons. The molecular formula is C16H21N5O2. The van der Waals surface area contributed by atoms with Crippen LogP contribution in [0.4, 0.5) is 0 Å². The van der Waals surface area contributed by atoms with Crippen molar-refractivity contribution in [2.45, 2.75) is 52.0 Å². The Morgan fingerprint density at radius 1 is 1.43 bits per heavy atom. The molecule has 3 rings (SSSR count). The van der Waals surface area contributed by atoms with E-state index in [0.29, 0.717) is 29.3 Å². The number of rotatable bonds is 4. The van der Waals surface area contributed by atoms with E-state index in [0.717, 1.165) is 25.7 Å². The van der Waals surface area contributed by atoms with Crippen molar-refractivity contribution < 1.29 is 4.79 Å². The molecule has 2 N–H and O–H groups in total. The van der Waals surface area contributed by atoms with Gasteiger partial charge in [-0.1, -0.05) is 19.8 Å². The lowest BCUT2D eigenvalue weighted by atomic mass is 10.2. The average molecular weight is 315 g/mol. The number of hydrogen-bond acceptors (Lipinski definition) is 4. The van der Waals surface area contributed by atoms with E-state index in [1.165, 1.54) is 16.9 Å². The minimum Gasteiger partial charge on any atom is -0.349 e. The van der Waals surface area contributed by atoms with Crippen molar-refractivity contribution in [2.75, 3.05) is 0 Å². The molecule has 122 valence electrons. The summed E-state index contributed by atoms with van der Waals surface area (Å²) >= 11 is 0. The van der Waals surface area contributed by atoms with E-state index in [9.17, 15) is 9.59 Å². The van der Waals surface area contributed by atoms with Crippen LogP contribution in [0, 0.1) is 6.92 Å². The summed E-state index contributed by atoms with van der Waals surface area (Å²) in [5.41, 5.74) is 1.65. The van der Waals surface area contributed by atoms with E-state index < -0.39 is 0 Å². The zero-order valence-corrected chi connectivity index (χ0v) is 13.4. The van der Waals surface area contributed by atoms with Gasteiger partial charge in [-0.25, -0.2) is 9.67 Å². The van der Waals surface area contributed by atoms with Crippen molar-refractivity contribution in [3.8, 4) is 5.95 Å². The van der Waals surface area contributed by atoms with Gasteiger partial charge in [0.25, 0.3) is 11.5 Å². The first-order chi connectivity index (χ1) is 11.1. The molecule has 2 aromatic heterocycles. The number of aromatic nitrogens is 4. The predicted octanol–water partition coefficient (Wildman–Crippen LogP) is 1.50. The lowest BCUT2D eigenvalue weighted by molar-refractivity contribution is 0.0937. The van der Waals surface area contributed by atoms with Crippen molar-refractivity contribution in [3.05, 3.63) is 39.6 Å². The number of carbonyl (C=O) groups excluding carboxylic acids is 1. The van der Waals surface area contributed by atoms with Crippen LogP contribution in [0.15, 0.2) is 17.1 Å². The van der Waals surface area contributed by atoms with Crippen molar-refractivity contribution >= 4 is 5.91 Å². The third-order valence-electron chi connectivity index (χ3n) is 4.29. The lowest BCUT2D eigenvalue weighted by Crippen LogP contribution is -2.32. The number of nitrogens with zero attached hydrogens (tertiary/aromatic N) is 3. The van der Waals surface area contributed by atoms with E-state index in [2.05, 4.69) is 20.4 Å². The summed E-state index contributed by atoms with van der Waals surface area (Å²) in [5, 5.41) is 7.27. The Morgan fingerprint density at radius 2 is 2.17 bits per heavy atom. The first-order valence-electron chi connectivity index (χ1n) is 8.04. The first kappa shape index (κ1) is 15.5. The monoisotopic (exact) mass is 315 g/mol. The van der Waals surface area contributed by atoms with Gasteiger partial charge in [-0.05, 0) is 26.2 Å². The number of aromatic amines is 1. The molecule has 7 heteroatoms. The molecule has 2 aromatic rings. The van der Waals surface area contributed by atoms with Crippen LogP contribution >= 0.6 is 0 Å². The minimum atomic E-state index is -0.223. The highest BCUT2D eigenvalue weighted by atomic mass is 16.1. The molecule has 1 amide bonds. The number of H-pyrrole nitrogens is 1. The summed E-state index contributed by atoms with van der Waals surface area (Å²) in [7, 11) is 0. The second kappa shape index (κ2) is 6.36. The molecule has 0 unspecified atom stereocenters. The van der Waals surface area contributed by atoms with Crippen molar-refractivity contribution in [1.29, 1.82) is 0 Å². The van der Waals surface area contributed by atoms with Crippen LogP contribution in [-0.4, -0.2) is 31.7 Å². The molecule has 23 heavy (non-hydrogen) atoms. The summed E-state index contributed by atoms with van der Waals surface area (Å²) in [4.78, 5) is 31.1. The summed E-state index contributed by atoms with van der Waals surface area (Å²) in [6.45, 7) is 3.73. The van der Waals surface area contributed by atoms with Gasteiger partial charge in [0.1, 0.15) is 0 Å². The van der Waals surface area contributed by atoms with E-state index in [4.69, 9.17) is 0 Å². The molecular weight excluding hydrogens is 294 g/mol. The predicted molar refractivity (Wildman–Crippen MR) is 85.8 cm³/mol. The van der Waals surface area contributed by atoms with Gasteiger partial charge in [0.05, 0.1) is 17.5 Å². The molecule has 0 bridgehead atoms. The average Bonchev–Trinajstić information content (AvgIpc) is 3.16. The molecule has 1 aliphatic carbocycles. The van der Waals surface area contributed by atoms with E-state index in [-0.39, 0.29) is 17.5 Å². The lowest BCUT2D eigenvalue weighted by Gasteiger charge is -2.11. The maximum atomic E-state index is 12.4. The van der Waals surface area contributed by atoms with Crippen LogP contribution in [-0.2, 0) is 6.42 Å². The van der Waals surface area contributed by atoms with Crippen LogP contribution < -0.4 is 10.9 Å². The zero-order valence-electron chi connectivity index (χ0n) is 13.4. The molecule has 0 saturated heterocycles. The van der Waals surface area contributed by atoms with Crippen LogP contribution in [0.5, 0.6) is 0 Å². The molecule has 1 saturated carbocycles. The quantitative estimate of drug-likeness (QED) is 0.894. The van der Waals surface area contributed by atoms with Gasteiger partial charge in [0.2, 0.25) is 5.95 Å². The zero-order chi connectivity index (χ0) is 16.4. The Labute approximate surface area is 134 Å². The number of aryl methyl sites for hydroxylation is 1. The molecule has 1 fully saturated rings. The van der Waals surface area contributed by atoms with Gasteiger partial charge in [-0.15, -0.1) is 0 Å². The summed E-state index contributed by atoms with van der Waals surface area (Å²) in [5.74, 6) is 0.224. The number of nitrogens with one attached hydrogen (secondary N) is 2. The van der Waals surface area contributed by atoms with E-state index in [1.807, 2.05) is 6.92 Å². The Morgan fingerprint density at radius 3 is 2.87 bits per heavy atom. The number of amides is 1. The Hall–Kier alpha value is -2.44. The maximum Gasteiger partial charge on any atom is 0.254 e. The summed E-state index contributed by atoms with van der Waals surface area (Å²) in [6.07, 6.45) is 6.58. The first-order valence-corrected chi connectivity index (χ1v) is 8.04. The largest absolute Gasteiger partial charge is 0.349 e. The van der Waals surface area contributed by atoms with Crippen LogP contribution in [0.25, 0.3) is 5.95 Å². The Balaban J connectivity index is 1.88. The highest BCUT2D eigenvalue weighted by molar-refractivity contribution is 5.95. The van der Waals surface area contributed by atoms with Crippen LogP contribution in [0.2, 0.25) is 0 Å².